The molecule has 0 aliphatic heterocycles. The zero-order valence-corrected chi connectivity index (χ0v) is 16.7. The SMILES string of the molecule is COC(=O)c1ccc2c(c1O)C(=O)C1C(=O)[C@]3(O)C(=O)C(C(N)=O)C(=O)CC3[C@@H](O)C1C2. The van der Waals surface area contributed by atoms with Gasteiger partial charge in [-0.15, -0.1) is 0 Å². The number of Topliss-reactive ketones (excluding diaryl/α,β-unsaturated/α-hetero) is 4. The zero-order chi connectivity index (χ0) is 23.7. The maximum atomic E-state index is 13.3. The number of rotatable bonds is 2. The van der Waals surface area contributed by atoms with Crippen molar-refractivity contribution in [1.82, 2.24) is 0 Å². The van der Waals surface area contributed by atoms with Crippen LogP contribution in [-0.2, 0) is 30.3 Å². The summed E-state index contributed by atoms with van der Waals surface area (Å²) in [6.45, 7) is 0. The lowest BCUT2D eigenvalue weighted by atomic mass is 9.52. The van der Waals surface area contributed by atoms with Crippen LogP contribution in [0.3, 0.4) is 0 Å². The third-order valence-corrected chi connectivity index (χ3v) is 6.79. The normalized spacial score (nSPS) is 33.8. The van der Waals surface area contributed by atoms with Gasteiger partial charge in [-0.2, -0.15) is 0 Å². The molecule has 0 bridgehead atoms. The number of fused-ring (bicyclic) bond motifs is 3. The van der Waals surface area contributed by atoms with Crippen LogP contribution in [0.15, 0.2) is 12.1 Å². The Bertz CT molecular complexity index is 1120. The number of hydrogen-bond donors (Lipinski definition) is 4. The minimum atomic E-state index is -2.98. The minimum Gasteiger partial charge on any atom is -0.506 e. The highest BCUT2D eigenvalue weighted by molar-refractivity contribution is 6.31. The van der Waals surface area contributed by atoms with Crippen LogP contribution in [-0.4, -0.2) is 69.1 Å². The minimum absolute atomic E-state index is 0.109. The van der Waals surface area contributed by atoms with Gasteiger partial charge in [0.2, 0.25) is 5.91 Å². The van der Waals surface area contributed by atoms with Crippen LogP contribution in [0.1, 0.15) is 32.7 Å². The Morgan fingerprint density at radius 1 is 1.12 bits per heavy atom. The lowest BCUT2D eigenvalue weighted by molar-refractivity contribution is -0.188. The van der Waals surface area contributed by atoms with E-state index in [-0.39, 0.29) is 23.1 Å². The lowest BCUT2D eigenvalue weighted by Crippen LogP contribution is -2.72. The van der Waals surface area contributed by atoms with Crippen LogP contribution < -0.4 is 5.73 Å². The molecule has 3 aliphatic carbocycles. The summed E-state index contributed by atoms with van der Waals surface area (Å²) < 4.78 is 4.56. The molecular formula is C21H19NO10. The molecule has 0 radical (unpaired) electrons. The van der Waals surface area contributed by atoms with Crippen LogP contribution in [0.5, 0.6) is 5.75 Å². The molecule has 3 aliphatic rings. The number of esters is 1. The fourth-order valence-electron chi connectivity index (χ4n) is 5.23. The van der Waals surface area contributed by atoms with E-state index in [0.717, 1.165) is 7.11 Å². The number of carbonyl (C=O) groups excluding carboxylic acids is 6. The predicted octanol–water partition coefficient (Wildman–Crippen LogP) is -1.92. The molecule has 4 rings (SSSR count). The maximum absolute atomic E-state index is 13.3. The Kier molecular flexibility index (Phi) is 4.79. The second-order valence-corrected chi connectivity index (χ2v) is 8.30. The molecule has 0 spiro atoms. The van der Waals surface area contributed by atoms with Crippen molar-refractivity contribution in [2.24, 2.45) is 29.4 Å². The first-order valence-electron chi connectivity index (χ1n) is 9.75. The second-order valence-electron chi connectivity index (χ2n) is 8.30. The predicted molar refractivity (Wildman–Crippen MR) is 101 cm³/mol. The molecule has 2 saturated carbocycles. The Labute approximate surface area is 180 Å². The molecule has 4 unspecified atom stereocenters. The number of aromatic hydroxyl groups is 1. The van der Waals surface area contributed by atoms with Crippen molar-refractivity contribution in [1.29, 1.82) is 0 Å². The van der Waals surface area contributed by atoms with Gasteiger partial charge in [0.1, 0.15) is 11.3 Å². The number of phenolic OH excluding ortho intramolecular Hbond substituents is 1. The highest BCUT2D eigenvalue weighted by Crippen LogP contribution is 2.50. The number of aliphatic hydroxyl groups is 2. The van der Waals surface area contributed by atoms with E-state index < -0.39 is 82.6 Å². The van der Waals surface area contributed by atoms with E-state index in [2.05, 4.69) is 4.74 Å². The third-order valence-electron chi connectivity index (χ3n) is 6.79. The highest BCUT2D eigenvalue weighted by Gasteiger charge is 2.69. The quantitative estimate of drug-likeness (QED) is 0.294. The Morgan fingerprint density at radius 3 is 2.38 bits per heavy atom. The molecule has 0 saturated heterocycles. The largest absolute Gasteiger partial charge is 0.506 e. The molecule has 0 heterocycles. The lowest BCUT2D eigenvalue weighted by Gasteiger charge is -2.51. The van der Waals surface area contributed by atoms with E-state index in [0.29, 0.717) is 0 Å². The van der Waals surface area contributed by atoms with Crippen LogP contribution in [0, 0.1) is 23.7 Å². The van der Waals surface area contributed by atoms with Gasteiger partial charge < -0.3 is 25.8 Å². The first-order chi connectivity index (χ1) is 15.0. The summed E-state index contributed by atoms with van der Waals surface area (Å²) in [5.41, 5.74) is 1.68. The van der Waals surface area contributed by atoms with E-state index in [4.69, 9.17) is 5.73 Å². The monoisotopic (exact) mass is 445 g/mol. The molecule has 2 fully saturated rings. The number of carbonyl (C=O) groups is 6. The fraction of sp³-hybridized carbons (Fsp3) is 0.429. The van der Waals surface area contributed by atoms with Gasteiger partial charge in [-0.3, -0.25) is 24.0 Å². The average Bonchev–Trinajstić information content (AvgIpc) is 2.73. The maximum Gasteiger partial charge on any atom is 0.341 e. The van der Waals surface area contributed by atoms with E-state index in [1.54, 1.807) is 0 Å². The number of ether oxygens (including phenoxy) is 1. The van der Waals surface area contributed by atoms with Crippen molar-refractivity contribution in [3.8, 4) is 5.75 Å². The van der Waals surface area contributed by atoms with Gasteiger partial charge in [0, 0.05) is 18.3 Å². The molecule has 32 heavy (non-hydrogen) atoms. The van der Waals surface area contributed by atoms with Gasteiger partial charge in [0.25, 0.3) is 0 Å². The summed E-state index contributed by atoms with van der Waals surface area (Å²) >= 11 is 0. The number of methoxy groups -OCH3 is 1. The van der Waals surface area contributed by atoms with Gasteiger partial charge >= 0.3 is 5.97 Å². The number of benzene rings is 1. The molecule has 1 aromatic carbocycles. The first-order valence-corrected chi connectivity index (χ1v) is 9.75. The van der Waals surface area contributed by atoms with Gasteiger partial charge in [-0.1, -0.05) is 6.07 Å². The van der Waals surface area contributed by atoms with Crippen molar-refractivity contribution >= 4 is 35.0 Å². The van der Waals surface area contributed by atoms with Crippen LogP contribution in [0.25, 0.3) is 0 Å². The van der Waals surface area contributed by atoms with Crippen molar-refractivity contribution in [2.75, 3.05) is 7.11 Å². The molecular weight excluding hydrogens is 426 g/mol. The van der Waals surface area contributed by atoms with E-state index in [1.165, 1.54) is 12.1 Å². The van der Waals surface area contributed by atoms with Crippen LogP contribution >= 0.6 is 0 Å². The zero-order valence-electron chi connectivity index (χ0n) is 16.7. The second kappa shape index (κ2) is 7.04. The van der Waals surface area contributed by atoms with Gasteiger partial charge in [0.05, 0.1) is 24.7 Å². The number of nitrogens with two attached hydrogens (primary N) is 1. The van der Waals surface area contributed by atoms with Crippen molar-refractivity contribution in [3.05, 3.63) is 28.8 Å². The number of aliphatic hydroxyl groups excluding tert-OH is 1. The molecule has 0 aromatic heterocycles. The molecule has 1 amide bonds. The average molecular weight is 445 g/mol. The first kappa shape index (κ1) is 21.8. The highest BCUT2D eigenvalue weighted by atomic mass is 16.5. The van der Waals surface area contributed by atoms with Crippen LogP contribution in [0.2, 0.25) is 0 Å². The summed E-state index contributed by atoms with van der Waals surface area (Å²) in [7, 11) is 1.07. The Hall–Kier alpha value is -3.44. The van der Waals surface area contributed by atoms with E-state index in [1.807, 2.05) is 0 Å². The topological polar surface area (TPSA) is 198 Å². The summed E-state index contributed by atoms with van der Waals surface area (Å²) in [6.07, 6.45) is -2.38. The number of amides is 1. The van der Waals surface area contributed by atoms with E-state index in [9.17, 15) is 44.1 Å². The number of phenols is 1. The Morgan fingerprint density at radius 2 is 1.78 bits per heavy atom. The standard InChI is InChI=1S/C21H19NO10/c1-32-20(30)7-3-2-6-4-8-12(16(26)11(6)15(7)25)17(27)21(31)9(14(8)24)5-10(23)13(18(21)28)19(22)29/h2-3,8-9,12-14,24-25,31H,4-5H2,1H3,(H2,22,29)/t8?,9?,12?,13?,14-,21-/m0/s1. The Balaban J connectivity index is 1.85. The molecule has 11 heteroatoms. The van der Waals surface area contributed by atoms with Crippen molar-refractivity contribution in [2.45, 2.75) is 24.5 Å². The number of hydrogen-bond acceptors (Lipinski definition) is 10. The summed E-state index contributed by atoms with van der Waals surface area (Å²) in [5.74, 6) is -14.2. The van der Waals surface area contributed by atoms with Crippen molar-refractivity contribution < 1.29 is 48.8 Å². The van der Waals surface area contributed by atoms with E-state index >= 15 is 0 Å². The smallest absolute Gasteiger partial charge is 0.341 e. The summed E-state index contributed by atoms with van der Waals surface area (Å²) in [5, 5.41) is 32.5. The third kappa shape index (κ3) is 2.61. The molecule has 6 atom stereocenters. The van der Waals surface area contributed by atoms with Gasteiger partial charge in [-0.25, -0.2) is 4.79 Å². The molecule has 5 N–H and O–H groups in total. The number of primary amides is 1. The molecule has 11 nitrogen and oxygen atoms in total. The number of ketones is 4. The summed E-state index contributed by atoms with van der Waals surface area (Å²) in [6, 6.07) is 2.60. The van der Waals surface area contributed by atoms with Gasteiger partial charge in [0.15, 0.2) is 34.7 Å². The molecule has 1 aromatic rings. The van der Waals surface area contributed by atoms with Crippen molar-refractivity contribution in [3.63, 3.8) is 0 Å². The summed E-state index contributed by atoms with van der Waals surface area (Å²) in [4.78, 5) is 75.2. The van der Waals surface area contributed by atoms with Crippen LogP contribution in [0.4, 0.5) is 0 Å². The fourth-order valence-corrected chi connectivity index (χ4v) is 5.23. The molecule has 168 valence electrons. The van der Waals surface area contributed by atoms with Gasteiger partial charge in [-0.05, 0) is 18.1 Å².